The number of hydrogen-bond acceptors (Lipinski definition) is 3. The van der Waals surface area contributed by atoms with Crippen molar-refractivity contribution in [1.82, 2.24) is 0 Å². The highest BCUT2D eigenvalue weighted by atomic mass is 35.5. The molecule has 0 aliphatic rings. The highest BCUT2D eigenvalue weighted by Gasteiger charge is 2.18. The molecule has 0 spiro atoms. The summed E-state index contributed by atoms with van der Waals surface area (Å²) in [5.41, 5.74) is 6.21. The molecule has 0 fully saturated rings. The smallest absolute Gasteiger partial charge is 0.182 e. The number of hydrogen-bond donors (Lipinski definition) is 1. The minimum absolute atomic E-state index is 0.127. The van der Waals surface area contributed by atoms with Crippen LogP contribution in [0.3, 0.4) is 0 Å². The Morgan fingerprint density at radius 2 is 1.74 bits per heavy atom. The van der Waals surface area contributed by atoms with Crippen LogP contribution in [-0.4, -0.2) is 8.42 Å². The molecule has 6 heteroatoms. The van der Waals surface area contributed by atoms with Gasteiger partial charge in [-0.1, -0.05) is 23.7 Å². The molecule has 0 bridgehead atoms. The summed E-state index contributed by atoms with van der Waals surface area (Å²) < 4.78 is 37.6. The predicted molar refractivity (Wildman–Crippen MR) is 73.2 cm³/mol. The van der Waals surface area contributed by atoms with Crippen molar-refractivity contribution in [2.45, 2.75) is 10.6 Å². The van der Waals surface area contributed by atoms with Gasteiger partial charge in [0, 0.05) is 5.69 Å². The molecule has 0 saturated carbocycles. The van der Waals surface area contributed by atoms with E-state index < -0.39 is 15.7 Å². The molecule has 0 aliphatic heterocycles. The van der Waals surface area contributed by atoms with Gasteiger partial charge in [0.15, 0.2) is 9.84 Å². The van der Waals surface area contributed by atoms with E-state index in [0.717, 1.165) is 0 Å². The molecular formula is C13H11ClFNO2S. The number of anilines is 1. The Labute approximate surface area is 115 Å². The summed E-state index contributed by atoms with van der Waals surface area (Å²) in [4.78, 5) is 0.127. The molecule has 0 heterocycles. The van der Waals surface area contributed by atoms with Crippen molar-refractivity contribution < 1.29 is 12.8 Å². The van der Waals surface area contributed by atoms with Gasteiger partial charge in [0.1, 0.15) is 5.82 Å². The molecular weight excluding hydrogens is 289 g/mol. The van der Waals surface area contributed by atoms with E-state index in [1.807, 2.05) is 0 Å². The summed E-state index contributed by atoms with van der Waals surface area (Å²) in [6, 6.07) is 9.92. The fourth-order valence-corrected chi connectivity index (χ4v) is 3.26. The van der Waals surface area contributed by atoms with Crippen LogP contribution in [-0.2, 0) is 15.6 Å². The standard InChI is InChI=1S/C13H11ClFNO2S/c14-13-9(2-1-3-12(13)15)8-19(17,18)11-6-4-10(16)5-7-11/h1-7H,8,16H2. The number of halogens is 2. The molecule has 100 valence electrons. The number of nitrogen functional groups attached to an aromatic ring is 1. The number of sulfone groups is 1. The van der Waals surface area contributed by atoms with Gasteiger partial charge in [-0.05, 0) is 35.9 Å². The highest BCUT2D eigenvalue weighted by molar-refractivity contribution is 7.90. The molecule has 0 amide bonds. The van der Waals surface area contributed by atoms with E-state index in [0.29, 0.717) is 5.69 Å². The van der Waals surface area contributed by atoms with Crippen molar-refractivity contribution in [1.29, 1.82) is 0 Å². The molecule has 3 nitrogen and oxygen atoms in total. The molecule has 0 saturated heterocycles. The maximum atomic E-state index is 13.3. The average molecular weight is 300 g/mol. The van der Waals surface area contributed by atoms with E-state index in [1.54, 1.807) is 0 Å². The third-order valence-corrected chi connectivity index (χ3v) is 4.72. The molecule has 19 heavy (non-hydrogen) atoms. The van der Waals surface area contributed by atoms with Gasteiger partial charge in [-0.25, -0.2) is 12.8 Å². The van der Waals surface area contributed by atoms with Crippen molar-refractivity contribution in [3.8, 4) is 0 Å². The molecule has 0 atom stereocenters. The van der Waals surface area contributed by atoms with Gasteiger partial charge in [0.2, 0.25) is 0 Å². The lowest BCUT2D eigenvalue weighted by Gasteiger charge is -2.07. The first-order valence-corrected chi connectivity index (χ1v) is 7.44. The van der Waals surface area contributed by atoms with E-state index in [4.69, 9.17) is 17.3 Å². The first-order valence-electron chi connectivity index (χ1n) is 5.41. The van der Waals surface area contributed by atoms with Crippen molar-refractivity contribution in [2.75, 3.05) is 5.73 Å². The van der Waals surface area contributed by atoms with E-state index >= 15 is 0 Å². The SMILES string of the molecule is Nc1ccc(S(=O)(=O)Cc2cccc(F)c2Cl)cc1. The van der Waals surface area contributed by atoms with Crippen LogP contribution < -0.4 is 5.73 Å². The zero-order chi connectivity index (χ0) is 14.0. The Balaban J connectivity index is 2.36. The minimum Gasteiger partial charge on any atom is -0.399 e. The van der Waals surface area contributed by atoms with E-state index in [1.165, 1.54) is 42.5 Å². The Kier molecular flexibility index (Phi) is 3.78. The molecule has 2 aromatic rings. The maximum absolute atomic E-state index is 13.3. The molecule has 0 unspecified atom stereocenters. The second kappa shape index (κ2) is 5.19. The predicted octanol–water partition coefficient (Wildman–Crippen LogP) is 3.04. The van der Waals surface area contributed by atoms with Crippen LogP contribution in [0.4, 0.5) is 10.1 Å². The lowest BCUT2D eigenvalue weighted by Crippen LogP contribution is -2.06. The summed E-state index contributed by atoms with van der Waals surface area (Å²) in [6.45, 7) is 0. The fraction of sp³-hybridized carbons (Fsp3) is 0.0769. The summed E-state index contributed by atoms with van der Waals surface area (Å²) >= 11 is 5.75. The van der Waals surface area contributed by atoms with Gasteiger partial charge in [-0.3, -0.25) is 0 Å². The minimum atomic E-state index is -3.58. The topological polar surface area (TPSA) is 60.2 Å². The zero-order valence-corrected chi connectivity index (χ0v) is 11.4. The molecule has 0 radical (unpaired) electrons. The lowest BCUT2D eigenvalue weighted by molar-refractivity contribution is 0.594. The Bertz CT molecular complexity index is 699. The Morgan fingerprint density at radius 1 is 1.11 bits per heavy atom. The maximum Gasteiger partial charge on any atom is 0.182 e. The van der Waals surface area contributed by atoms with Gasteiger partial charge >= 0.3 is 0 Å². The summed E-state index contributed by atoms with van der Waals surface area (Å²) in [6.07, 6.45) is 0. The van der Waals surface area contributed by atoms with E-state index in [-0.39, 0.29) is 21.2 Å². The summed E-state index contributed by atoms with van der Waals surface area (Å²) in [7, 11) is -3.58. The van der Waals surface area contributed by atoms with Gasteiger partial charge in [-0.2, -0.15) is 0 Å². The Morgan fingerprint density at radius 3 is 2.37 bits per heavy atom. The van der Waals surface area contributed by atoms with Crippen molar-refractivity contribution in [3.05, 3.63) is 58.9 Å². The van der Waals surface area contributed by atoms with Crippen LogP contribution in [0.25, 0.3) is 0 Å². The summed E-state index contributed by atoms with van der Waals surface area (Å²) in [5.74, 6) is -0.986. The van der Waals surface area contributed by atoms with Crippen LogP contribution >= 0.6 is 11.6 Å². The molecule has 2 aromatic carbocycles. The number of benzene rings is 2. The quantitative estimate of drug-likeness (QED) is 0.886. The van der Waals surface area contributed by atoms with Crippen LogP contribution in [0.2, 0.25) is 5.02 Å². The van der Waals surface area contributed by atoms with Gasteiger partial charge in [0.25, 0.3) is 0 Å². The third-order valence-electron chi connectivity index (χ3n) is 2.62. The van der Waals surface area contributed by atoms with Gasteiger partial charge in [-0.15, -0.1) is 0 Å². The van der Waals surface area contributed by atoms with Gasteiger partial charge < -0.3 is 5.73 Å². The zero-order valence-electron chi connectivity index (χ0n) is 9.81. The van der Waals surface area contributed by atoms with E-state index in [9.17, 15) is 12.8 Å². The normalized spacial score (nSPS) is 11.5. The average Bonchev–Trinajstić information content (AvgIpc) is 2.35. The van der Waals surface area contributed by atoms with Crippen LogP contribution in [0.1, 0.15) is 5.56 Å². The third kappa shape index (κ3) is 3.05. The van der Waals surface area contributed by atoms with Crippen LogP contribution in [0.15, 0.2) is 47.4 Å². The van der Waals surface area contributed by atoms with Crippen molar-refractivity contribution >= 4 is 27.1 Å². The highest BCUT2D eigenvalue weighted by Crippen LogP contribution is 2.24. The van der Waals surface area contributed by atoms with Crippen molar-refractivity contribution in [2.24, 2.45) is 0 Å². The molecule has 0 aromatic heterocycles. The molecule has 0 aliphatic carbocycles. The van der Waals surface area contributed by atoms with E-state index in [2.05, 4.69) is 0 Å². The monoisotopic (exact) mass is 299 g/mol. The Hall–Kier alpha value is -1.59. The lowest BCUT2D eigenvalue weighted by atomic mass is 10.2. The van der Waals surface area contributed by atoms with Crippen molar-refractivity contribution in [3.63, 3.8) is 0 Å². The number of nitrogens with two attached hydrogens (primary N) is 1. The first-order chi connectivity index (χ1) is 8.90. The second-order valence-electron chi connectivity index (χ2n) is 4.04. The van der Waals surface area contributed by atoms with Gasteiger partial charge in [0.05, 0.1) is 15.7 Å². The first kappa shape index (κ1) is 13.8. The number of rotatable bonds is 3. The molecule has 2 rings (SSSR count). The fourth-order valence-electron chi connectivity index (χ4n) is 1.62. The largest absolute Gasteiger partial charge is 0.399 e. The van der Waals surface area contributed by atoms with Crippen LogP contribution in [0.5, 0.6) is 0 Å². The molecule has 2 N–H and O–H groups in total. The summed E-state index contributed by atoms with van der Waals surface area (Å²) in [5, 5.41) is -0.165. The second-order valence-corrected chi connectivity index (χ2v) is 6.41. The van der Waals surface area contributed by atoms with Crippen LogP contribution in [0, 0.1) is 5.82 Å².